The smallest absolute Gasteiger partial charge is 0.196 e. The predicted octanol–water partition coefficient (Wildman–Crippen LogP) is -0.0216. The van der Waals surface area contributed by atoms with Gasteiger partial charge in [-0.25, -0.2) is 0 Å². The second kappa shape index (κ2) is 9.35. The van der Waals surface area contributed by atoms with Gasteiger partial charge in [0.15, 0.2) is 23.1 Å². The average Bonchev–Trinajstić information content (AvgIpc) is 2.72. The summed E-state index contributed by atoms with van der Waals surface area (Å²) >= 11 is 0. The fraction of sp³-hybridized carbons (Fsp3) is 0.476. The van der Waals surface area contributed by atoms with Crippen LogP contribution in [0.3, 0.4) is 0 Å². The average molecular weight is 438 g/mol. The summed E-state index contributed by atoms with van der Waals surface area (Å²) in [5.41, 5.74) is -0.389. The van der Waals surface area contributed by atoms with Crippen molar-refractivity contribution in [2.24, 2.45) is 5.92 Å². The van der Waals surface area contributed by atoms with Gasteiger partial charge in [0.2, 0.25) is 0 Å². The van der Waals surface area contributed by atoms with Crippen molar-refractivity contribution in [2.75, 3.05) is 13.2 Å². The molecule has 0 spiro atoms. The first kappa shape index (κ1) is 23.2. The molecule has 170 valence electrons. The molecule has 0 radical (unpaired) electrons. The summed E-state index contributed by atoms with van der Waals surface area (Å²) in [4.78, 5) is 12.2. The number of rotatable bonds is 6. The van der Waals surface area contributed by atoms with Crippen molar-refractivity contribution < 1.29 is 44.5 Å². The first-order valence-electron chi connectivity index (χ1n) is 9.73. The molecule has 1 fully saturated rings. The third-order valence-corrected chi connectivity index (χ3v) is 5.08. The quantitative estimate of drug-likeness (QED) is 0.337. The van der Waals surface area contributed by atoms with E-state index in [-0.39, 0.29) is 40.6 Å². The van der Waals surface area contributed by atoms with Gasteiger partial charge < -0.3 is 44.5 Å². The Balaban J connectivity index is 1.72. The third-order valence-electron chi connectivity index (χ3n) is 5.08. The maximum absolute atomic E-state index is 12.2. The normalized spacial score (nSPS) is 27.7. The van der Waals surface area contributed by atoms with E-state index in [1.807, 2.05) is 0 Å². The zero-order chi connectivity index (χ0) is 22.9. The van der Waals surface area contributed by atoms with Crippen molar-refractivity contribution in [3.63, 3.8) is 0 Å². The Labute approximate surface area is 177 Å². The van der Waals surface area contributed by atoms with Gasteiger partial charge in [-0.05, 0) is 18.9 Å². The summed E-state index contributed by atoms with van der Waals surface area (Å²) in [7, 11) is 0. The summed E-state index contributed by atoms with van der Waals surface area (Å²) in [6.07, 6.45) is -3.69. The number of aromatic hydroxyl groups is 2. The number of aliphatic hydroxyl groups excluding tert-OH is 4. The number of phenols is 2. The number of aliphatic hydroxyl groups is 4. The van der Waals surface area contributed by atoms with E-state index >= 15 is 0 Å². The molecule has 0 saturated carbocycles. The molecule has 0 unspecified atom stereocenters. The molecule has 31 heavy (non-hydrogen) atoms. The highest BCUT2D eigenvalue weighted by molar-refractivity contribution is 5.91. The molecule has 2 aromatic rings. The number of hydrogen-bond acceptors (Lipinski definition) is 10. The molecular weight excluding hydrogens is 412 g/mol. The van der Waals surface area contributed by atoms with E-state index in [1.165, 1.54) is 18.2 Å². The van der Waals surface area contributed by atoms with Crippen LogP contribution in [-0.2, 0) is 9.47 Å². The lowest BCUT2D eigenvalue weighted by molar-refractivity contribution is -0.302. The first-order valence-corrected chi connectivity index (χ1v) is 9.73. The van der Waals surface area contributed by atoms with Crippen LogP contribution in [0.15, 0.2) is 27.4 Å². The predicted molar refractivity (Wildman–Crippen MR) is 108 cm³/mol. The summed E-state index contributed by atoms with van der Waals surface area (Å²) in [5.74, 6) is -0.605. The third kappa shape index (κ3) is 4.74. The zero-order valence-electron chi connectivity index (χ0n) is 17.0. The Morgan fingerprint density at radius 1 is 1.16 bits per heavy atom. The minimum Gasteiger partial charge on any atom is -0.506 e. The monoisotopic (exact) mass is 438 g/mol. The van der Waals surface area contributed by atoms with Crippen LogP contribution in [0.1, 0.15) is 18.2 Å². The molecule has 1 aromatic heterocycles. The van der Waals surface area contributed by atoms with Crippen molar-refractivity contribution in [1.82, 2.24) is 0 Å². The number of ether oxygens (including phenoxy) is 2. The number of phenolic OH excluding ortho intramolecular Hbond substituents is 2. The first-order chi connectivity index (χ1) is 14.6. The summed E-state index contributed by atoms with van der Waals surface area (Å²) in [6, 6.07) is 2.48. The van der Waals surface area contributed by atoms with Crippen molar-refractivity contribution in [3.05, 3.63) is 39.8 Å². The second-order valence-corrected chi connectivity index (χ2v) is 7.63. The van der Waals surface area contributed by atoms with Crippen LogP contribution in [0, 0.1) is 12.8 Å². The molecule has 2 heterocycles. The second-order valence-electron chi connectivity index (χ2n) is 7.63. The standard InChI is InChI=1S/C21H26O10/c1-9(8-29-21-19(28)18(27)17(26)14(7-22)31-21)3-4-11-6-13(24)20-15(16(11)25)12(23)5-10(2)30-20/h3-6,9,14,17-19,21-22,24-28H,7-8H2,1-2H3/t9-,14-,17-,18+,19-,21-/m1/s1. The fourth-order valence-corrected chi connectivity index (χ4v) is 3.34. The van der Waals surface area contributed by atoms with Crippen molar-refractivity contribution in [3.8, 4) is 11.5 Å². The van der Waals surface area contributed by atoms with Crippen molar-refractivity contribution in [1.29, 1.82) is 0 Å². The van der Waals surface area contributed by atoms with Gasteiger partial charge in [0.1, 0.15) is 41.3 Å². The molecule has 1 aliphatic rings. The molecule has 0 amide bonds. The van der Waals surface area contributed by atoms with Crippen LogP contribution in [0.25, 0.3) is 17.0 Å². The maximum atomic E-state index is 12.2. The van der Waals surface area contributed by atoms with Crippen LogP contribution in [0.5, 0.6) is 11.5 Å². The van der Waals surface area contributed by atoms with Gasteiger partial charge >= 0.3 is 0 Å². The van der Waals surface area contributed by atoms with Gasteiger partial charge in [-0.2, -0.15) is 0 Å². The summed E-state index contributed by atoms with van der Waals surface area (Å²) in [6.45, 7) is 2.79. The topological polar surface area (TPSA) is 170 Å². The van der Waals surface area contributed by atoms with Gasteiger partial charge in [-0.15, -0.1) is 0 Å². The van der Waals surface area contributed by atoms with Crippen LogP contribution in [0.2, 0.25) is 0 Å². The number of benzene rings is 1. The van der Waals surface area contributed by atoms with Crippen LogP contribution >= 0.6 is 0 Å². The number of aryl methyl sites for hydroxylation is 1. The van der Waals surface area contributed by atoms with Gasteiger partial charge in [0.05, 0.1) is 13.2 Å². The minimum atomic E-state index is -1.53. The Morgan fingerprint density at radius 3 is 2.55 bits per heavy atom. The molecule has 1 aliphatic heterocycles. The molecule has 6 N–H and O–H groups in total. The lowest BCUT2D eigenvalue weighted by Crippen LogP contribution is -2.59. The van der Waals surface area contributed by atoms with Crippen LogP contribution in [-0.4, -0.2) is 74.6 Å². The SMILES string of the molecule is Cc1cc(=O)c2c(O)c(C=C[C@@H](C)CO[C@@H]3O[C@H](CO)[C@@H](O)[C@H](O)[C@H]3O)cc(O)c2o1. The Kier molecular flexibility index (Phi) is 6.99. The van der Waals surface area contributed by atoms with E-state index in [1.54, 1.807) is 19.9 Å². The van der Waals surface area contributed by atoms with Crippen molar-refractivity contribution >= 4 is 17.0 Å². The highest BCUT2D eigenvalue weighted by Crippen LogP contribution is 2.34. The molecule has 10 nitrogen and oxygen atoms in total. The van der Waals surface area contributed by atoms with Gasteiger partial charge in [-0.1, -0.05) is 19.1 Å². The van der Waals surface area contributed by atoms with Crippen LogP contribution < -0.4 is 5.43 Å². The highest BCUT2D eigenvalue weighted by Gasteiger charge is 2.44. The highest BCUT2D eigenvalue weighted by atomic mass is 16.7. The largest absolute Gasteiger partial charge is 0.506 e. The van der Waals surface area contributed by atoms with Gasteiger partial charge in [0.25, 0.3) is 0 Å². The van der Waals surface area contributed by atoms with E-state index in [2.05, 4.69) is 0 Å². The molecule has 1 saturated heterocycles. The van der Waals surface area contributed by atoms with E-state index in [4.69, 9.17) is 13.9 Å². The van der Waals surface area contributed by atoms with E-state index < -0.39 is 42.7 Å². The lowest BCUT2D eigenvalue weighted by Gasteiger charge is -2.39. The molecule has 1 aromatic carbocycles. The summed E-state index contributed by atoms with van der Waals surface area (Å²) in [5, 5.41) is 59.3. The Hall–Kier alpha value is -2.47. The van der Waals surface area contributed by atoms with Crippen LogP contribution in [0.4, 0.5) is 0 Å². The van der Waals surface area contributed by atoms with E-state index in [0.717, 1.165) is 0 Å². The minimum absolute atomic E-state index is 0.0286. The lowest BCUT2D eigenvalue weighted by atomic mass is 9.99. The Bertz CT molecular complexity index is 1010. The molecule has 0 aliphatic carbocycles. The molecule has 6 atom stereocenters. The Morgan fingerprint density at radius 2 is 1.87 bits per heavy atom. The van der Waals surface area contributed by atoms with E-state index in [0.29, 0.717) is 5.76 Å². The molecule has 0 bridgehead atoms. The summed E-state index contributed by atoms with van der Waals surface area (Å²) < 4.78 is 16.1. The molecule has 3 rings (SSSR count). The molecule has 10 heteroatoms. The fourth-order valence-electron chi connectivity index (χ4n) is 3.34. The zero-order valence-corrected chi connectivity index (χ0v) is 17.0. The van der Waals surface area contributed by atoms with Gasteiger partial charge in [0, 0.05) is 11.6 Å². The maximum Gasteiger partial charge on any atom is 0.196 e. The number of hydrogen-bond donors (Lipinski definition) is 6. The molecular formula is C21H26O10. The van der Waals surface area contributed by atoms with Crippen molar-refractivity contribution in [2.45, 2.75) is 44.6 Å². The van der Waals surface area contributed by atoms with E-state index in [9.17, 15) is 35.4 Å². The number of fused-ring (bicyclic) bond motifs is 1. The van der Waals surface area contributed by atoms with Gasteiger partial charge in [-0.3, -0.25) is 4.79 Å².